The summed E-state index contributed by atoms with van der Waals surface area (Å²) in [5.41, 5.74) is 4.83. The summed E-state index contributed by atoms with van der Waals surface area (Å²) < 4.78 is 0. The molecule has 2 aromatic carbocycles. The lowest BCUT2D eigenvalue weighted by molar-refractivity contribution is -0.118. The number of Topliss-reactive ketones (excluding diaryl/α,β-unsaturated/α-hetero) is 1. The molecule has 35 heavy (non-hydrogen) atoms. The number of aliphatic hydroxyl groups is 1. The quantitative estimate of drug-likeness (QED) is 0.503. The Morgan fingerprint density at radius 2 is 1.80 bits per heavy atom. The highest BCUT2D eigenvalue weighted by molar-refractivity contribution is 5.84. The lowest BCUT2D eigenvalue weighted by Gasteiger charge is -2.53. The fraction of sp³-hybridized carbons (Fsp3) is 0.406. The molecular weight excluding hydrogens is 432 g/mol. The van der Waals surface area contributed by atoms with Crippen LogP contribution >= 0.6 is 0 Å². The van der Waals surface area contributed by atoms with Crippen LogP contribution in [0.2, 0.25) is 0 Å². The molecule has 4 aliphatic rings. The molecule has 0 amide bonds. The number of carbonyl (C=O) groups is 1. The molecule has 0 unspecified atom stereocenters. The Labute approximate surface area is 207 Å². The van der Waals surface area contributed by atoms with E-state index < -0.39 is 5.60 Å². The molecule has 2 aromatic rings. The van der Waals surface area contributed by atoms with E-state index in [1.165, 1.54) is 22.3 Å². The molecular formula is C32H32O3. The minimum atomic E-state index is -1.05. The van der Waals surface area contributed by atoms with Gasteiger partial charge in [-0.15, -0.1) is 0 Å². The Balaban J connectivity index is 1.46. The molecule has 3 saturated carbocycles. The summed E-state index contributed by atoms with van der Waals surface area (Å²) in [5.74, 6) is 8.08. The molecule has 0 radical (unpaired) electrons. The number of hydrogen-bond donors (Lipinski definition) is 2. The highest BCUT2D eigenvalue weighted by Crippen LogP contribution is 2.66. The molecule has 0 aliphatic heterocycles. The van der Waals surface area contributed by atoms with Crippen molar-refractivity contribution in [3.8, 4) is 17.6 Å². The maximum atomic E-state index is 12.2. The average Bonchev–Trinajstić information content (AvgIpc) is 3.13. The van der Waals surface area contributed by atoms with E-state index in [-0.39, 0.29) is 17.1 Å². The third kappa shape index (κ3) is 3.58. The zero-order valence-corrected chi connectivity index (χ0v) is 20.3. The highest BCUT2D eigenvalue weighted by Gasteiger charge is 2.62. The fourth-order valence-corrected chi connectivity index (χ4v) is 7.51. The van der Waals surface area contributed by atoms with E-state index in [1.807, 2.05) is 42.5 Å². The molecule has 0 saturated heterocycles. The third-order valence-corrected chi connectivity index (χ3v) is 9.35. The summed E-state index contributed by atoms with van der Waals surface area (Å²) in [7, 11) is 0. The van der Waals surface area contributed by atoms with Gasteiger partial charge in [0.15, 0.2) is 0 Å². The van der Waals surface area contributed by atoms with Crippen LogP contribution in [0, 0.1) is 29.1 Å². The fourth-order valence-electron chi connectivity index (χ4n) is 7.51. The Morgan fingerprint density at radius 1 is 1.03 bits per heavy atom. The number of phenolic OH excluding ortho intramolecular Hbond substituents is 1. The lowest BCUT2D eigenvalue weighted by Crippen LogP contribution is -2.50. The van der Waals surface area contributed by atoms with Crippen LogP contribution in [0.1, 0.15) is 68.9 Å². The average molecular weight is 465 g/mol. The number of allylic oxidation sites excluding steroid dienone is 4. The van der Waals surface area contributed by atoms with E-state index >= 15 is 0 Å². The van der Waals surface area contributed by atoms with Crippen LogP contribution in [-0.4, -0.2) is 21.6 Å². The first-order chi connectivity index (χ1) is 16.9. The van der Waals surface area contributed by atoms with Crippen molar-refractivity contribution in [2.24, 2.45) is 17.3 Å². The molecule has 3 nitrogen and oxygen atoms in total. The molecule has 178 valence electrons. The van der Waals surface area contributed by atoms with Crippen LogP contribution in [0.25, 0.3) is 0 Å². The second-order valence-electron chi connectivity index (χ2n) is 11.1. The first-order valence-electron chi connectivity index (χ1n) is 12.9. The van der Waals surface area contributed by atoms with E-state index in [0.717, 1.165) is 31.2 Å². The zero-order chi connectivity index (χ0) is 24.2. The van der Waals surface area contributed by atoms with E-state index in [0.29, 0.717) is 36.9 Å². The number of carbonyl (C=O) groups excluding carboxylic acids is 1. The molecule has 4 aliphatic carbocycles. The van der Waals surface area contributed by atoms with Gasteiger partial charge in [0.25, 0.3) is 0 Å². The maximum absolute atomic E-state index is 12.2. The predicted octanol–water partition coefficient (Wildman–Crippen LogP) is 6.07. The molecule has 0 aromatic heterocycles. The van der Waals surface area contributed by atoms with Crippen molar-refractivity contribution in [2.75, 3.05) is 0 Å². The molecule has 0 heterocycles. The van der Waals surface area contributed by atoms with Crippen molar-refractivity contribution in [1.29, 1.82) is 0 Å². The van der Waals surface area contributed by atoms with Gasteiger partial charge in [-0.2, -0.15) is 0 Å². The normalized spacial score (nSPS) is 33.7. The van der Waals surface area contributed by atoms with Gasteiger partial charge in [-0.05, 0) is 84.9 Å². The lowest BCUT2D eigenvalue weighted by atomic mass is 9.51. The highest BCUT2D eigenvalue weighted by atomic mass is 16.3. The number of aromatic hydroxyl groups is 1. The zero-order valence-electron chi connectivity index (χ0n) is 20.3. The molecule has 0 bridgehead atoms. The van der Waals surface area contributed by atoms with Crippen LogP contribution in [0.15, 0.2) is 77.4 Å². The first-order valence-corrected chi connectivity index (χ1v) is 12.9. The second-order valence-corrected chi connectivity index (χ2v) is 11.1. The van der Waals surface area contributed by atoms with Gasteiger partial charge in [0.2, 0.25) is 0 Å². The number of fused-ring (bicyclic) bond motifs is 4. The Morgan fingerprint density at radius 3 is 2.57 bits per heavy atom. The number of hydrogen-bond acceptors (Lipinski definition) is 3. The summed E-state index contributed by atoms with van der Waals surface area (Å²) in [6, 6.07) is 17.5. The van der Waals surface area contributed by atoms with Gasteiger partial charge in [-0.3, -0.25) is 4.79 Å². The Hall–Kier alpha value is -3.09. The van der Waals surface area contributed by atoms with E-state index in [4.69, 9.17) is 0 Å². The minimum Gasteiger partial charge on any atom is -0.508 e. The molecule has 2 N–H and O–H groups in total. The smallest absolute Gasteiger partial charge is 0.137 e. The maximum Gasteiger partial charge on any atom is 0.137 e. The van der Waals surface area contributed by atoms with Crippen LogP contribution in [-0.2, 0) is 4.79 Å². The van der Waals surface area contributed by atoms with Crippen molar-refractivity contribution in [3.05, 3.63) is 88.5 Å². The van der Waals surface area contributed by atoms with Gasteiger partial charge < -0.3 is 10.2 Å². The van der Waals surface area contributed by atoms with E-state index in [9.17, 15) is 15.0 Å². The van der Waals surface area contributed by atoms with Gasteiger partial charge in [0.05, 0.1) is 0 Å². The standard InChI is InChI=1S/C32H32O3/c1-31-20-28(22-7-10-24(33)11-8-22)30-26-14-12-25(34)19-23(26)9-13-27(30)29(31)16-18-32(31,35)17-15-21-5-3-2-4-6-21/h2-11,27-29,33,35H,12-14,16,18-20H2,1H3/t27-,28+,29-,31-,32-/m0/s1. The van der Waals surface area contributed by atoms with E-state index in [2.05, 4.69) is 24.8 Å². The number of phenols is 1. The number of rotatable bonds is 1. The topological polar surface area (TPSA) is 57.5 Å². The van der Waals surface area contributed by atoms with Crippen molar-refractivity contribution in [2.45, 2.75) is 63.4 Å². The molecule has 5 atom stereocenters. The summed E-state index contributed by atoms with van der Waals surface area (Å²) in [6.07, 6.45) is 7.71. The number of benzene rings is 2. The Bertz CT molecular complexity index is 1290. The van der Waals surface area contributed by atoms with Crippen LogP contribution in [0.4, 0.5) is 0 Å². The number of ketones is 1. The van der Waals surface area contributed by atoms with Gasteiger partial charge in [-0.1, -0.05) is 60.7 Å². The third-order valence-electron chi connectivity index (χ3n) is 9.35. The largest absolute Gasteiger partial charge is 0.508 e. The summed E-state index contributed by atoms with van der Waals surface area (Å²) >= 11 is 0. The van der Waals surface area contributed by atoms with Gasteiger partial charge >= 0.3 is 0 Å². The van der Waals surface area contributed by atoms with Crippen LogP contribution in [0.3, 0.4) is 0 Å². The van der Waals surface area contributed by atoms with Crippen molar-refractivity contribution in [1.82, 2.24) is 0 Å². The van der Waals surface area contributed by atoms with Gasteiger partial charge in [-0.25, -0.2) is 0 Å². The summed E-state index contributed by atoms with van der Waals surface area (Å²) in [6.45, 7) is 2.25. The van der Waals surface area contributed by atoms with Gasteiger partial charge in [0, 0.05) is 29.7 Å². The molecule has 0 spiro atoms. The molecule has 3 heteroatoms. The molecule has 6 rings (SSSR count). The predicted molar refractivity (Wildman–Crippen MR) is 137 cm³/mol. The van der Waals surface area contributed by atoms with Crippen LogP contribution < -0.4 is 0 Å². The Kier molecular flexibility index (Phi) is 5.27. The van der Waals surface area contributed by atoms with Crippen molar-refractivity contribution < 1.29 is 15.0 Å². The minimum absolute atomic E-state index is 0.150. The second kappa shape index (κ2) is 8.25. The van der Waals surface area contributed by atoms with Crippen molar-refractivity contribution >= 4 is 5.78 Å². The first kappa shape index (κ1) is 22.4. The van der Waals surface area contributed by atoms with Crippen molar-refractivity contribution in [3.63, 3.8) is 0 Å². The summed E-state index contributed by atoms with van der Waals surface area (Å²) in [5, 5.41) is 22.0. The van der Waals surface area contributed by atoms with E-state index in [1.54, 1.807) is 12.1 Å². The monoisotopic (exact) mass is 464 g/mol. The van der Waals surface area contributed by atoms with Crippen LogP contribution in [0.5, 0.6) is 5.75 Å². The summed E-state index contributed by atoms with van der Waals surface area (Å²) in [4.78, 5) is 12.2. The SMILES string of the molecule is C[C@]12C[C@H](c3ccc(O)cc3)C3=C4CCC(=O)CC4=CC[C@H]3[C@@H]1CC[C@@]2(O)C#Cc1ccccc1. The van der Waals surface area contributed by atoms with Gasteiger partial charge in [0.1, 0.15) is 17.1 Å². The molecule has 3 fully saturated rings.